The zero-order valence-electron chi connectivity index (χ0n) is 30.4. The highest BCUT2D eigenvalue weighted by Gasteiger charge is 2.85. The van der Waals surface area contributed by atoms with E-state index in [-0.39, 0.29) is 51.4 Å². The van der Waals surface area contributed by atoms with Crippen molar-refractivity contribution in [3.05, 3.63) is 0 Å². The standard InChI is InChI=1S/C38H62N2O8/c1-21-16-22(29(41)33(4,5)44)47-28-27(21)35(7)12-13-37-18-36(37)11-10-25(32(2,3)23(36)8-9-24(37)38(35,39)30(28)42)48-26-17-40(14-15-46-26)31(43)34(6)19-45-20-34/h21-30,41-42,44H,8-20,39H2,1-7H3/t21-,22?,23+,24?,25+,26?,27+,28?,29+,30+,35?,36?,37?,38+/m1/s1. The second kappa shape index (κ2) is 10.6. The Morgan fingerprint density at radius 3 is 2.40 bits per heavy atom. The maximum atomic E-state index is 13.3. The molecule has 3 saturated heterocycles. The van der Waals surface area contributed by atoms with E-state index in [1.165, 1.54) is 6.42 Å². The van der Waals surface area contributed by atoms with Gasteiger partial charge in [0.2, 0.25) is 5.91 Å². The van der Waals surface area contributed by atoms with Gasteiger partial charge >= 0.3 is 0 Å². The van der Waals surface area contributed by atoms with Crippen LogP contribution in [0, 0.1) is 50.7 Å². The van der Waals surface area contributed by atoms with Crippen molar-refractivity contribution in [1.82, 2.24) is 4.90 Å². The van der Waals surface area contributed by atoms with Crippen molar-refractivity contribution >= 4 is 5.91 Å². The Morgan fingerprint density at radius 1 is 1.04 bits per heavy atom. The number of ether oxygens (including phenoxy) is 4. The Balaban J connectivity index is 1.01. The van der Waals surface area contributed by atoms with Crippen LogP contribution in [0.1, 0.15) is 99.8 Å². The highest BCUT2D eigenvalue weighted by atomic mass is 16.7. The van der Waals surface area contributed by atoms with Crippen LogP contribution in [0.5, 0.6) is 0 Å². The lowest BCUT2D eigenvalue weighted by atomic mass is 9.43. The highest BCUT2D eigenvalue weighted by Crippen LogP contribution is 2.87. The third kappa shape index (κ3) is 4.29. The third-order valence-electron chi connectivity index (χ3n) is 16.3. The minimum Gasteiger partial charge on any atom is -0.388 e. The number of hydrogen-bond donors (Lipinski definition) is 4. The van der Waals surface area contributed by atoms with Crippen molar-refractivity contribution in [3.8, 4) is 0 Å². The average Bonchev–Trinajstić information content (AvgIpc) is 3.65. The molecule has 0 aromatic heterocycles. The fourth-order valence-electron chi connectivity index (χ4n) is 13.8. The van der Waals surface area contributed by atoms with Crippen LogP contribution < -0.4 is 5.73 Å². The van der Waals surface area contributed by atoms with Gasteiger partial charge in [-0.15, -0.1) is 0 Å². The van der Waals surface area contributed by atoms with Gasteiger partial charge in [-0.2, -0.15) is 0 Å². The molecule has 0 aromatic carbocycles. The van der Waals surface area contributed by atoms with Crippen molar-refractivity contribution in [1.29, 1.82) is 0 Å². The number of carbonyl (C=O) groups is 1. The molecular weight excluding hydrogens is 612 g/mol. The van der Waals surface area contributed by atoms with Crippen molar-refractivity contribution in [2.75, 3.05) is 32.9 Å². The lowest BCUT2D eigenvalue weighted by Crippen LogP contribution is -2.70. The molecule has 8 rings (SSSR count). The van der Waals surface area contributed by atoms with Crippen molar-refractivity contribution < 1.29 is 39.1 Å². The summed E-state index contributed by atoms with van der Waals surface area (Å²) in [4.78, 5) is 15.2. The van der Waals surface area contributed by atoms with Gasteiger partial charge in [0.25, 0.3) is 0 Å². The number of hydrogen-bond acceptors (Lipinski definition) is 9. The number of nitrogens with two attached hydrogens (primary N) is 1. The molecule has 5 aliphatic carbocycles. The van der Waals surface area contributed by atoms with Gasteiger partial charge in [-0.1, -0.05) is 27.7 Å². The predicted octanol–water partition coefficient (Wildman–Crippen LogP) is 3.23. The number of aliphatic hydroxyl groups is 3. The number of amides is 1. The first-order valence-corrected chi connectivity index (χ1v) is 19.0. The zero-order valence-corrected chi connectivity index (χ0v) is 30.4. The third-order valence-corrected chi connectivity index (χ3v) is 16.3. The van der Waals surface area contributed by atoms with E-state index in [9.17, 15) is 20.1 Å². The largest absolute Gasteiger partial charge is 0.388 e. The first-order valence-electron chi connectivity index (χ1n) is 19.0. The van der Waals surface area contributed by atoms with Crippen molar-refractivity contribution in [2.24, 2.45) is 56.5 Å². The van der Waals surface area contributed by atoms with Gasteiger partial charge in [0.15, 0.2) is 6.29 Å². The Morgan fingerprint density at radius 2 is 1.73 bits per heavy atom. The predicted molar refractivity (Wildman–Crippen MR) is 177 cm³/mol. The average molecular weight is 675 g/mol. The second-order valence-electron chi connectivity index (χ2n) is 19.5. The van der Waals surface area contributed by atoms with E-state index < -0.39 is 47.3 Å². The fourth-order valence-corrected chi connectivity index (χ4v) is 13.8. The summed E-state index contributed by atoms with van der Waals surface area (Å²) in [5, 5.41) is 34.0. The number of morpholine rings is 1. The molecule has 10 nitrogen and oxygen atoms in total. The topological polar surface area (TPSA) is 144 Å². The van der Waals surface area contributed by atoms with Gasteiger partial charge < -0.3 is 44.9 Å². The summed E-state index contributed by atoms with van der Waals surface area (Å²) in [6.07, 6.45) is 4.79. The van der Waals surface area contributed by atoms with Crippen LogP contribution in [0.3, 0.4) is 0 Å². The van der Waals surface area contributed by atoms with E-state index in [1.54, 1.807) is 13.8 Å². The summed E-state index contributed by atoms with van der Waals surface area (Å²) >= 11 is 0. The molecule has 8 fully saturated rings. The molecule has 1 amide bonds. The maximum Gasteiger partial charge on any atom is 0.233 e. The molecule has 0 radical (unpaired) electrons. The summed E-state index contributed by atoms with van der Waals surface area (Å²) in [7, 11) is 0. The molecular formula is C38H62N2O8. The Hall–Kier alpha value is -0.850. The molecule has 14 atom stereocenters. The Bertz CT molecular complexity index is 1320. The molecule has 0 bridgehead atoms. The molecule has 8 aliphatic rings. The number of fused-ring (bicyclic) bond motifs is 4. The number of rotatable bonds is 5. The summed E-state index contributed by atoms with van der Waals surface area (Å²) in [5.74, 6) is 1.15. The molecule has 0 aromatic rings. The van der Waals surface area contributed by atoms with Gasteiger partial charge in [0.1, 0.15) is 6.10 Å². The second-order valence-corrected chi connectivity index (χ2v) is 19.5. The summed E-state index contributed by atoms with van der Waals surface area (Å²) in [6.45, 7) is 17.1. The Labute approximate surface area is 286 Å². The molecule has 5 saturated carbocycles. The van der Waals surface area contributed by atoms with Crippen LogP contribution >= 0.6 is 0 Å². The van der Waals surface area contributed by atoms with Crippen LogP contribution in [-0.4, -0.2) is 107 Å². The minimum atomic E-state index is -1.29. The normalized spacial score (nSPS) is 52.5. The molecule has 7 unspecified atom stereocenters. The van der Waals surface area contributed by atoms with E-state index in [0.29, 0.717) is 45.2 Å². The van der Waals surface area contributed by atoms with Gasteiger partial charge in [-0.3, -0.25) is 4.79 Å². The van der Waals surface area contributed by atoms with Gasteiger partial charge in [-0.05, 0) is 117 Å². The quantitative estimate of drug-likeness (QED) is 0.346. The van der Waals surface area contributed by atoms with Gasteiger partial charge in [-0.25, -0.2) is 0 Å². The van der Waals surface area contributed by atoms with Gasteiger partial charge in [0, 0.05) is 6.54 Å². The van der Waals surface area contributed by atoms with E-state index in [0.717, 1.165) is 38.5 Å². The van der Waals surface area contributed by atoms with E-state index in [1.807, 2.05) is 11.8 Å². The Kier molecular flexibility index (Phi) is 7.57. The van der Waals surface area contributed by atoms with Crippen LogP contribution in [0.4, 0.5) is 0 Å². The smallest absolute Gasteiger partial charge is 0.233 e. The molecule has 10 heteroatoms. The van der Waals surface area contributed by atoms with Crippen LogP contribution in [0.15, 0.2) is 0 Å². The molecule has 3 aliphatic heterocycles. The SMILES string of the molecule is C[C@@H]1CC([C@H](O)C(C)(C)O)OC2[C@H]1C1(C)CCC34CC35CC[C@H](OC3CN(C(=O)C6(C)COC6)CCO3)C(C)(C)[C@@H]5CCC4[C@]1(N)[C@H]2O. The van der Waals surface area contributed by atoms with Gasteiger partial charge in [0.05, 0.1) is 67.3 Å². The lowest BCUT2D eigenvalue weighted by molar-refractivity contribution is -0.248. The number of nitrogens with zero attached hydrogens (tertiary/aromatic N) is 1. The van der Waals surface area contributed by atoms with E-state index in [2.05, 4.69) is 27.7 Å². The van der Waals surface area contributed by atoms with E-state index >= 15 is 0 Å². The molecule has 3 heterocycles. The maximum absolute atomic E-state index is 13.3. The zero-order chi connectivity index (χ0) is 34.4. The summed E-state index contributed by atoms with van der Waals surface area (Å²) in [6, 6.07) is 0. The van der Waals surface area contributed by atoms with E-state index in [4.69, 9.17) is 24.7 Å². The monoisotopic (exact) mass is 674 g/mol. The van der Waals surface area contributed by atoms with Crippen LogP contribution in [0.2, 0.25) is 0 Å². The molecule has 48 heavy (non-hydrogen) atoms. The molecule has 2 spiro atoms. The molecule has 272 valence electrons. The first kappa shape index (κ1) is 34.2. The summed E-state index contributed by atoms with van der Waals surface area (Å²) in [5.41, 5.74) is 5.21. The number of carbonyl (C=O) groups excluding carboxylic acids is 1. The van der Waals surface area contributed by atoms with Crippen molar-refractivity contribution in [2.45, 2.75) is 148 Å². The van der Waals surface area contributed by atoms with Crippen molar-refractivity contribution in [3.63, 3.8) is 0 Å². The minimum absolute atomic E-state index is 0.0408. The number of aliphatic hydroxyl groups excluding tert-OH is 2. The fraction of sp³-hybridized carbons (Fsp3) is 0.974. The van der Waals surface area contributed by atoms with Crippen LogP contribution in [-0.2, 0) is 23.7 Å². The summed E-state index contributed by atoms with van der Waals surface area (Å²) < 4.78 is 24.9. The lowest BCUT2D eigenvalue weighted by Gasteiger charge is -2.63. The van der Waals surface area contributed by atoms with Crippen LogP contribution in [0.25, 0.3) is 0 Å². The molecule has 5 N–H and O–H groups in total. The first-order chi connectivity index (χ1) is 22.4. The highest BCUT2D eigenvalue weighted by molar-refractivity contribution is 5.83.